The van der Waals surface area contributed by atoms with Crippen LogP contribution in [0.2, 0.25) is 5.02 Å². The third-order valence-corrected chi connectivity index (χ3v) is 4.66. The van der Waals surface area contributed by atoms with E-state index >= 15 is 0 Å². The van der Waals surface area contributed by atoms with Crippen molar-refractivity contribution < 1.29 is 27.8 Å². The number of halogens is 5. The standard InChI is InChI=1S/C16H13BrClF3N4O3/c1-9-7-15(27,16(19,20)21)25(22-9)14(26)12-4-5-24(23-12)8-28-13-3-2-10(17)6-11(13)18/h2-6,27H,7-8H2,1H3/t15-/m0/s1. The molecule has 150 valence electrons. The van der Waals surface area contributed by atoms with Gasteiger partial charge in [-0.2, -0.15) is 28.4 Å². The molecule has 0 spiro atoms. The van der Waals surface area contributed by atoms with E-state index in [1.54, 1.807) is 18.2 Å². The highest BCUT2D eigenvalue weighted by atomic mass is 79.9. The summed E-state index contributed by atoms with van der Waals surface area (Å²) in [4.78, 5) is 12.4. The molecule has 0 bridgehead atoms. The predicted molar refractivity (Wildman–Crippen MR) is 96.9 cm³/mol. The van der Waals surface area contributed by atoms with E-state index < -0.39 is 24.2 Å². The van der Waals surface area contributed by atoms with Crippen LogP contribution in [-0.2, 0) is 6.73 Å². The molecule has 1 atom stereocenters. The number of nitrogens with zero attached hydrogens (tertiary/aromatic N) is 4. The Morgan fingerprint density at radius 1 is 1.43 bits per heavy atom. The van der Waals surface area contributed by atoms with Crippen molar-refractivity contribution in [2.24, 2.45) is 5.10 Å². The number of ether oxygens (including phenoxy) is 1. The molecule has 0 saturated heterocycles. The first-order valence-corrected chi connectivity index (χ1v) is 8.97. The first kappa shape index (κ1) is 20.6. The van der Waals surface area contributed by atoms with E-state index in [1.807, 2.05) is 0 Å². The second-order valence-electron chi connectivity index (χ2n) is 6.03. The number of benzene rings is 1. The fourth-order valence-corrected chi connectivity index (χ4v) is 3.27. The summed E-state index contributed by atoms with van der Waals surface area (Å²) < 4.78 is 47.2. The molecule has 2 aromatic rings. The average molecular weight is 482 g/mol. The molecule has 1 N–H and O–H groups in total. The summed E-state index contributed by atoms with van der Waals surface area (Å²) in [5, 5.41) is 17.8. The summed E-state index contributed by atoms with van der Waals surface area (Å²) in [6.45, 7) is 1.15. The van der Waals surface area contributed by atoms with Crippen LogP contribution < -0.4 is 4.74 Å². The van der Waals surface area contributed by atoms with Gasteiger partial charge in [0.15, 0.2) is 12.4 Å². The molecule has 0 unspecified atom stereocenters. The van der Waals surface area contributed by atoms with Crippen molar-refractivity contribution in [3.05, 3.63) is 45.7 Å². The number of hydrogen-bond donors (Lipinski definition) is 1. The molecule has 1 aliphatic heterocycles. The number of alkyl halides is 3. The lowest BCUT2D eigenvalue weighted by Gasteiger charge is -2.32. The minimum absolute atomic E-state index is 0.0153. The quantitative estimate of drug-likeness (QED) is 0.720. The van der Waals surface area contributed by atoms with Gasteiger partial charge in [-0.25, -0.2) is 4.68 Å². The molecule has 1 amide bonds. The molecule has 1 aliphatic rings. The molecule has 2 heterocycles. The minimum Gasteiger partial charge on any atom is -0.470 e. The van der Waals surface area contributed by atoms with E-state index in [4.69, 9.17) is 16.3 Å². The highest BCUT2D eigenvalue weighted by Gasteiger charge is 2.63. The fraction of sp³-hybridized carbons (Fsp3) is 0.312. The van der Waals surface area contributed by atoms with Crippen molar-refractivity contribution >= 4 is 39.1 Å². The Balaban J connectivity index is 1.75. The zero-order chi connectivity index (χ0) is 20.7. The molecule has 0 radical (unpaired) electrons. The van der Waals surface area contributed by atoms with Gasteiger partial charge in [0.2, 0.25) is 0 Å². The SMILES string of the molecule is CC1=NN(C(=O)c2ccn(COc3ccc(Br)cc3Cl)n2)[C@@](O)(C(F)(F)F)C1. The molecule has 7 nitrogen and oxygen atoms in total. The lowest BCUT2D eigenvalue weighted by atomic mass is 10.1. The van der Waals surface area contributed by atoms with Crippen LogP contribution in [0.15, 0.2) is 40.0 Å². The van der Waals surface area contributed by atoms with Crippen LogP contribution in [0.1, 0.15) is 23.8 Å². The van der Waals surface area contributed by atoms with Gasteiger partial charge in [0, 0.05) is 22.8 Å². The third kappa shape index (κ3) is 3.87. The van der Waals surface area contributed by atoms with Gasteiger partial charge in [0.05, 0.1) is 5.02 Å². The summed E-state index contributed by atoms with van der Waals surface area (Å²) in [5.74, 6) is -0.823. The van der Waals surface area contributed by atoms with E-state index in [9.17, 15) is 23.1 Å². The van der Waals surface area contributed by atoms with Gasteiger partial charge in [0.25, 0.3) is 11.6 Å². The fourth-order valence-electron chi connectivity index (χ4n) is 2.54. The van der Waals surface area contributed by atoms with Gasteiger partial charge in [0.1, 0.15) is 5.75 Å². The monoisotopic (exact) mass is 480 g/mol. The van der Waals surface area contributed by atoms with Gasteiger partial charge >= 0.3 is 6.18 Å². The number of hydrogen-bond acceptors (Lipinski definition) is 5. The normalized spacial score (nSPS) is 19.7. The second kappa shape index (κ2) is 7.37. The molecule has 0 aliphatic carbocycles. The number of hydrazone groups is 1. The van der Waals surface area contributed by atoms with E-state index in [0.717, 1.165) is 4.47 Å². The van der Waals surface area contributed by atoms with E-state index in [0.29, 0.717) is 10.8 Å². The van der Waals surface area contributed by atoms with Crippen LogP contribution in [-0.4, -0.2) is 43.4 Å². The summed E-state index contributed by atoms with van der Waals surface area (Å²) in [7, 11) is 0. The molecular weight excluding hydrogens is 469 g/mol. The van der Waals surface area contributed by atoms with Crippen molar-refractivity contribution in [1.82, 2.24) is 14.8 Å². The summed E-state index contributed by atoms with van der Waals surface area (Å²) in [5.41, 5.74) is -3.76. The first-order valence-electron chi connectivity index (χ1n) is 7.80. The Labute approximate surface area is 170 Å². The molecule has 12 heteroatoms. The average Bonchev–Trinajstić information content (AvgIpc) is 3.18. The van der Waals surface area contributed by atoms with E-state index in [2.05, 4.69) is 26.1 Å². The Morgan fingerprint density at radius 2 is 2.14 bits per heavy atom. The van der Waals surface area contributed by atoms with E-state index in [-0.39, 0.29) is 23.1 Å². The van der Waals surface area contributed by atoms with Crippen LogP contribution in [0.3, 0.4) is 0 Å². The zero-order valence-electron chi connectivity index (χ0n) is 14.2. The maximum absolute atomic E-state index is 13.2. The molecule has 28 heavy (non-hydrogen) atoms. The van der Waals surface area contributed by atoms with Gasteiger partial charge in [-0.15, -0.1) is 0 Å². The smallest absolute Gasteiger partial charge is 0.438 e. The second-order valence-corrected chi connectivity index (χ2v) is 7.35. The van der Waals surface area contributed by atoms with Gasteiger partial charge in [-0.1, -0.05) is 27.5 Å². The lowest BCUT2D eigenvalue weighted by molar-refractivity contribution is -0.297. The van der Waals surface area contributed by atoms with Crippen molar-refractivity contribution in [2.45, 2.75) is 32.0 Å². The van der Waals surface area contributed by atoms with Crippen molar-refractivity contribution in [3.8, 4) is 5.75 Å². The lowest BCUT2D eigenvalue weighted by Crippen LogP contribution is -2.56. The Hall–Kier alpha value is -2.11. The van der Waals surface area contributed by atoms with Crippen LogP contribution in [0.4, 0.5) is 13.2 Å². The molecule has 1 aromatic carbocycles. The number of aromatic nitrogens is 2. The van der Waals surface area contributed by atoms with Crippen LogP contribution in [0.5, 0.6) is 5.75 Å². The molecule has 0 fully saturated rings. The van der Waals surface area contributed by atoms with Gasteiger partial charge in [-0.05, 0) is 31.2 Å². The molecule has 0 saturated carbocycles. The summed E-state index contributed by atoms with van der Waals surface area (Å²) >= 11 is 9.29. The number of rotatable bonds is 4. The van der Waals surface area contributed by atoms with Gasteiger partial charge in [-0.3, -0.25) is 4.79 Å². The molecular formula is C16H13BrClF3N4O3. The zero-order valence-corrected chi connectivity index (χ0v) is 16.6. The summed E-state index contributed by atoms with van der Waals surface area (Å²) in [6.07, 6.45) is -4.55. The highest BCUT2D eigenvalue weighted by molar-refractivity contribution is 9.10. The largest absolute Gasteiger partial charge is 0.470 e. The minimum atomic E-state index is -5.08. The van der Waals surface area contributed by atoms with Gasteiger partial charge < -0.3 is 9.84 Å². The number of aliphatic hydroxyl groups is 1. The van der Waals surface area contributed by atoms with Crippen LogP contribution >= 0.6 is 27.5 Å². The number of carbonyl (C=O) groups excluding carboxylic acids is 1. The maximum atomic E-state index is 13.2. The highest BCUT2D eigenvalue weighted by Crippen LogP contribution is 2.40. The van der Waals surface area contributed by atoms with Crippen molar-refractivity contribution in [2.75, 3.05) is 0 Å². The van der Waals surface area contributed by atoms with Crippen LogP contribution in [0, 0.1) is 0 Å². The van der Waals surface area contributed by atoms with E-state index in [1.165, 1.54) is 23.9 Å². The predicted octanol–water partition coefficient (Wildman–Crippen LogP) is 3.81. The Morgan fingerprint density at radius 3 is 2.79 bits per heavy atom. The summed E-state index contributed by atoms with van der Waals surface area (Å²) in [6, 6.07) is 6.16. The maximum Gasteiger partial charge on any atom is 0.438 e. The number of carbonyl (C=O) groups is 1. The Kier molecular flexibility index (Phi) is 5.43. The first-order chi connectivity index (χ1) is 13.0. The van der Waals surface area contributed by atoms with Crippen molar-refractivity contribution in [1.29, 1.82) is 0 Å². The van der Waals surface area contributed by atoms with Crippen LogP contribution in [0.25, 0.3) is 0 Å². The number of amides is 1. The van der Waals surface area contributed by atoms with Crippen molar-refractivity contribution in [3.63, 3.8) is 0 Å². The molecule has 1 aromatic heterocycles. The third-order valence-electron chi connectivity index (χ3n) is 3.88. The topological polar surface area (TPSA) is 80.0 Å². The molecule has 3 rings (SSSR count). The Bertz CT molecular complexity index is 949.